The summed E-state index contributed by atoms with van der Waals surface area (Å²) in [6, 6.07) is 5.57. The molecule has 2 rings (SSSR count). The Hall–Kier alpha value is -1.21. The van der Waals surface area contributed by atoms with Gasteiger partial charge in [0.15, 0.2) is 9.84 Å². The third kappa shape index (κ3) is 4.64. The molecule has 1 N–H and O–H groups in total. The van der Waals surface area contributed by atoms with Crippen molar-refractivity contribution in [2.45, 2.75) is 18.6 Å². The van der Waals surface area contributed by atoms with Gasteiger partial charge in [0.2, 0.25) is 5.91 Å². The number of hydrogen-bond donors (Lipinski definition) is 1. The molecule has 7 heteroatoms. The van der Waals surface area contributed by atoms with Crippen LogP contribution in [0.3, 0.4) is 0 Å². The van der Waals surface area contributed by atoms with E-state index in [2.05, 4.69) is 5.32 Å². The first-order chi connectivity index (χ1) is 9.89. The quantitative estimate of drug-likeness (QED) is 0.893. The van der Waals surface area contributed by atoms with Crippen LogP contribution in [0.25, 0.3) is 0 Å². The zero-order valence-corrected chi connectivity index (χ0v) is 13.7. The van der Waals surface area contributed by atoms with Gasteiger partial charge in [0, 0.05) is 5.25 Å². The van der Waals surface area contributed by atoms with Gasteiger partial charge >= 0.3 is 0 Å². The predicted octanol–water partition coefficient (Wildman–Crippen LogP) is 1.86. The van der Waals surface area contributed by atoms with Crippen LogP contribution in [-0.2, 0) is 14.6 Å². The number of nitrogens with one attached hydrogen (secondary N) is 1. The largest absolute Gasteiger partial charge is 0.495 e. The molecule has 1 fully saturated rings. The summed E-state index contributed by atoms with van der Waals surface area (Å²) in [6.45, 7) is 1.94. The Morgan fingerprint density at radius 3 is 2.86 bits per heavy atom. The van der Waals surface area contributed by atoms with Gasteiger partial charge < -0.3 is 10.1 Å². The maximum absolute atomic E-state index is 12.0. The second kappa shape index (κ2) is 6.70. The van der Waals surface area contributed by atoms with Crippen LogP contribution in [0.1, 0.15) is 12.0 Å². The topological polar surface area (TPSA) is 72.5 Å². The molecule has 1 amide bonds. The lowest BCUT2D eigenvalue weighted by Crippen LogP contribution is -2.17. The van der Waals surface area contributed by atoms with Gasteiger partial charge in [0.05, 0.1) is 30.1 Å². The van der Waals surface area contributed by atoms with Crippen LogP contribution in [-0.4, -0.2) is 43.9 Å². The predicted molar refractivity (Wildman–Crippen MR) is 85.9 cm³/mol. The highest BCUT2D eigenvalue weighted by Crippen LogP contribution is 2.27. The summed E-state index contributed by atoms with van der Waals surface area (Å²) in [4.78, 5) is 12.0. The van der Waals surface area contributed by atoms with E-state index in [4.69, 9.17) is 4.74 Å². The molecule has 5 nitrogen and oxygen atoms in total. The fraction of sp³-hybridized carbons (Fsp3) is 0.500. The molecule has 1 saturated heterocycles. The minimum absolute atomic E-state index is 0.0279. The van der Waals surface area contributed by atoms with Gasteiger partial charge in [0.25, 0.3) is 0 Å². The van der Waals surface area contributed by atoms with Gasteiger partial charge in [-0.2, -0.15) is 0 Å². The van der Waals surface area contributed by atoms with Crippen molar-refractivity contribution >= 4 is 33.2 Å². The van der Waals surface area contributed by atoms with E-state index in [9.17, 15) is 13.2 Å². The smallest absolute Gasteiger partial charge is 0.234 e. The molecule has 21 heavy (non-hydrogen) atoms. The van der Waals surface area contributed by atoms with Gasteiger partial charge in [-0.25, -0.2) is 8.42 Å². The number of ether oxygens (including phenoxy) is 1. The monoisotopic (exact) mass is 329 g/mol. The number of hydrogen-bond acceptors (Lipinski definition) is 5. The molecule has 0 radical (unpaired) electrons. The molecule has 0 aromatic heterocycles. The Morgan fingerprint density at radius 1 is 1.48 bits per heavy atom. The first kappa shape index (κ1) is 16.2. The summed E-state index contributed by atoms with van der Waals surface area (Å²) in [7, 11) is -1.34. The van der Waals surface area contributed by atoms with Gasteiger partial charge in [-0.3, -0.25) is 4.79 Å². The first-order valence-electron chi connectivity index (χ1n) is 6.66. The molecule has 0 spiro atoms. The summed E-state index contributed by atoms with van der Waals surface area (Å²) >= 11 is 1.40. The van der Waals surface area contributed by atoms with Crippen LogP contribution < -0.4 is 10.1 Å². The Bertz CT molecular complexity index is 628. The minimum atomic E-state index is -2.89. The van der Waals surface area contributed by atoms with Crippen LogP contribution >= 0.6 is 11.8 Å². The van der Waals surface area contributed by atoms with Gasteiger partial charge in [-0.05, 0) is 31.0 Å². The molecule has 1 aliphatic rings. The van der Waals surface area contributed by atoms with Gasteiger partial charge in [-0.15, -0.1) is 11.8 Å². The molecular formula is C14H19NO4S2. The van der Waals surface area contributed by atoms with Crippen molar-refractivity contribution in [1.82, 2.24) is 0 Å². The van der Waals surface area contributed by atoms with Crippen molar-refractivity contribution in [2.24, 2.45) is 0 Å². The number of thioether (sulfide) groups is 1. The lowest BCUT2D eigenvalue weighted by atomic mass is 10.2. The summed E-state index contributed by atoms with van der Waals surface area (Å²) in [6.07, 6.45) is 0.633. The van der Waals surface area contributed by atoms with Crippen LogP contribution in [0, 0.1) is 6.92 Å². The number of sulfone groups is 1. The van der Waals surface area contributed by atoms with Crippen molar-refractivity contribution in [1.29, 1.82) is 0 Å². The average molecular weight is 329 g/mol. The van der Waals surface area contributed by atoms with Crippen LogP contribution in [0.15, 0.2) is 18.2 Å². The maximum atomic E-state index is 12.0. The van der Waals surface area contributed by atoms with Gasteiger partial charge in [0.1, 0.15) is 5.75 Å². The molecular weight excluding hydrogens is 310 g/mol. The number of carbonyl (C=O) groups is 1. The molecule has 0 aliphatic carbocycles. The number of aryl methyl sites for hydroxylation is 1. The van der Waals surface area contributed by atoms with Crippen molar-refractivity contribution < 1.29 is 17.9 Å². The number of benzene rings is 1. The van der Waals surface area contributed by atoms with Crippen LogP contribution in [0.5, 0.6) is 5.75 Å². The normalized spacial score (nSPS) is 20.2. The molecule has 0 unspecified atom stereocenters. The SMILES string of the molecule is COc1ccc(C)cc1NC(=O)CS[C@@H]1CCS(=O)(=O)C1. The van der Waals surface area contributed by atoms with E-state index in [0.717, 1.165) is 5.56 Å². The Morgan fingerprint density at radius 2 is 2.24 bits per heavy atom. The lowest BCUT2D eigenvalue weighted by molar-refractivity contribution is -0.113. The van der Waals surface area contributed by atoms with E-state index >= 15 is 0 Å². The number of rotatable bonds is 5. The second-order valence-electron chi connectivity index (χ2n) is 5.09. The van der Waals surface area contributed by atoms with Gasteiger partial charge in [-0.1, -0.05) is 6.07 Å². The number of methoxy groups -OCH3 is 1. The summed E-state index contributed by atoms with van der Waals surface area (Å²) < 4.78 is 27.9. The zero-order valence-electron chi connectivity index (χ0n) is 12.1. The van der Waals surface area contributed by atoms with E-state index in [1.807, 2.05) is 25.1 Å². The highest BCUT2D eigenvalue weighted by molar-refractivity contribution is 8.02. The van der Waals surface area contributed by atoms with Crippen molar-refractivity contribution in [2.75, 3.05) is 29.7 Å². The van der Waals surface area contributed by atoms with E-state index in [1.54, 1.807) is 7.11 Å². The fourth-order valence-corrected chi connectivity index (χ4v) is 5.63. The van der Waals surface area contributed by atoms with Crippen LogP contribution in [0.4, 0.5) is 5.69 Å². The van der Waals surface area contributed by atoms with Crippen molar-refractivity contribution in [3.8, 4) is 5.75 Å². The Balaban J connectivity index is 1.89. The number of carbonyl (C=O) groups excluding carboxylic acids is 1. The summed E-state index contributed by atoms with van der Waals surface area (Å²) in [5, 5.41) is 2.84. The van der Waals surface area contributed by atoms with Crippen LogP contribution in [0.2, 0.25) is 0 Å². The third-order valence-electron chi connectivity index (χ3n) is 3.27. The highest BCUT2D eigenvalue weighted by atomic mass is 32.2. The number of anilines is 1. The van der Waals surface area contributed by atoms with Crippen molar-refractivity contribution in [3.05, 3.63) is 23.8 Å². The maximum Gasteiger partial charge on any atom is 0.234 e. The molecule has 116 valence electrons. The van der Waals surface area contributed by atoms with E-state index < -0.39 is 9.84 Å². The minimum Gasteiger partial charge on any atom is -0.495 e. The highest BCUT2D eigenvalue weighted by Gasteiger charge is 2.28. The average Bonchev–Trinajstić information content (AvgIpc) is 2.76. The summed E-state index contributed by atoms with van der Waals surface area (Å²) in [5.74, 6) is 1.13. The molecule has 1 aliphatic heterocycles. The second-order valence-corrected chi connectivity index (χ2v) is 8.61. The van der Waals surface area contributed by atoms with E-state index in [1.165, 1.54) is 11.8 Å². The van der Waals surface area contributed by atoms with Crippen molar-refractivity contribution in [3.63, 3.8) is 0 Å². The van der Waals surface area contributed by atoms with E-state index in [-0.39, 0.29) is 28.4 Å². The lowest BCUT2D eigenvalue weighted by Gasteiger charge is -2.12. The molecule has 1 aromatic rings. The molecule has 1 heterocycles. The standard InChI is InChI=1S/C14H19NO4S2/c1-10-3-4-13(19-2)12(7-10)15-14(16)8-20-11-5-6-21(17,18)9-11/h3-4,7,11H,5-6,8-9H2,1-2H3,(H,15,16)/t11-/m1/s1. The molecule has 1 atom stereocenters. The first-order valence-corrected chi connectivity index (χ1v) is 9.53. The summed E-state index contributed by atoms with van der Waals surface area (Å²) in [5.41, 5.74) is 1.67. The third-order valence-corrected chi connectivity index (χ3v) is 6.55. The number of amides is 1. The molecule has 1 aromatic carbocycles. The zero-order chi connectivity index (χ0) is 15.5. The Kier molecular flexibility index (Phi) is 5.16. The molecule has 0 saturated carbocycles. The molecule has 0 bridgehead atoms. The fourth-order valence-electron chi connectivity index (χ4n) is 2.19. The van der Waals surface area contributed by atoms with E-state index in [0.29, 0.717) is 17.9 Å². The Labute approximate surface area is 129 Å².